The first kappa shape index (κ1) is 17.3. The second-order valence-electron chi connectivity index (χ2n) is 5.79. The molecule has 1 aromatic carbocycles. The third kappa shape index (κ3) is 3.62. The average molecular weight is 360 g/mol. The quantitative estimate of drug-likeness (QED) is 0.716. The van der Waals surface area contributed by atoms with Crippen LogP contribution in [-0.4, -0.2) is 33.2 Å². The van der Waals surface area contributed by atoms with Crippen LogP contribution in [-0.2, 0) is 23.6 Å². The molecule has 1 unspecified atom stereocenters. The molecule has 0 saturated carbocycles. The number of hydrogen-bond acceptors (Lipinski definition) is 5. The van der Waals surface area contributed by atoms with Crippen LogP contribution in [0.4, 0.5) is 0 Å². The van der Waals surface area contributed by atoms with Crippen molar-refractivity contribution >= 4 is 10.0 Å². The molecule has 0 spiro atoms. The molecule has 3 rings (SSSR count). The van der Waals surface area contributed by atoms with Crippen molar-refractivity contribution in [2.24, 2.45) is 7.05 Å². The van der Waals surface area contributed by atoms with E-state index < -0.39 is 16.1 Å². The van der Waals surface area contributed by atoms with Gasteiger partial charge in [-0.1, -0.05) is 30.3 Å². The van der Waals surface area contributed by atoms with Crippen LogP contribution in [0.5, 0.6) is 0 Å². The smallest absolute Gasteiger partial charge is 0.244 e. The lowest BCUT2D eigenvalue weighted by molar-refractivity contribution is 0.444. The number of nitrogens with one attached hydrogen (secondary N) is 1. The SMILES string of the molecule is Cc1nn(C)c(C)c1S(=O)(=O)NC(Cn1nccn1)c1ccccc1. The lowest BCUT2D eigenvalue weighted by Gasteiger charge is -2.19. The van der Waals surface area contributed by atoms with Gasteiger partial charge in [0.1, 0.15) is 4.90 Å². The maximum atomic E-state index is 13.0. The molecule has 0 aliphatic carbocycles. The summed E-state index contributed by atoms with van der Waals surface area (Å²) in [6, 6.07) is 8.87. The summed E-state index contributed by atoms with van der Waals surface area (Å²) >= 11 is 0. The Morgan fingerprint density at radius 3 is 2.32 bits per heavy atom. The highest BCUT2D eigenvalue weighted by molar-refractivity contribution is 7.89. The lowest BCUT2D eigenvalue weighted by atomic mass is 10.1. The molecule has 2 aromatic heterocycles. The minimum atomic E-state index is -3.75. The highest BCUT2D eigenvalue weighted by Gasteiger charge is 2.27. The molecule has 1 N–H and O–H groups in total. The van der Waals surface area contributed by atoms with Crippen molar-refractivity contribution in [3.63, 3.8) is 0 Å². The first-order valence-electron chi connectivity index (χ1n) is 7.80. The van der Waals surface area contributed by atoms with Gasteiger partial charge in [-0.2, -0.15) is 20.1 Å². The van der Waals surface area contributed by atoms with Gasteiger partial charge >= 0.3 is 0 Å². The van der Waals surface area contributed by atoms with Crippen molar-refractivity contribution in [1.82, 2.24) is 29.5 Å². The van der Waals surface area contributed by atoms with Gasteiger partial charge in [0.25, 0.3) is 0 Å². The second kappa shape index (κ2) is 6.77. The lowest BCUT2D eigenvalue weighted by Crippen LogP contribution is -2.32. The fourth-order valence-electron chi connectivity index (χ4n) is 2.79. The third-order valence-corrected chi connectivity index (χ3v) is 5.75. The van der Waals surface area contributed by atoms with Crippen LogP contribution in [0.25, 0.3) is 0 Å². The Labute approximate surface area is 146 Å². The number of rotatable bonds is 6. The fourth-order valence-corrected chi connectivity index (χ4v) is 4.44. The summed E-state index contributed by atoms with van der Waals surface area (Å²) < 4.78 is 30.3. The van der Waals surface area contributed by atoms with Gasteiger partial charge in [0.15, 0.2) is 0 Å². The Kier molecular flexibility index (Phi) is 4.69. The molecule has 2 heterocycles. The summed E-state index contributed by atoms with van der Waals surface area (Å²) in [6.45, 7) is 3.71. The first-order chi connectivity index (χ1) is 11.9. The molecule has 3 aromatic rings. The predicted molar refractivity (Wildman–Crippen MR) is 92.2 cm³/mol. The van der Waals surface area contributed by atoms with Crippen molar-refractivity contribution < 1.29 is 8.42 Å². The summed E-state index contributed by atoms with van der Waals surface area (Å²) in [5, 5.41) is 12.4. The molecule has 0 fully saturated rings. The highest BCUT2D eigenvalue weighted by atomic mass is 32.2. The molecule has 132 valence electrons. The van der Waals surface area contributed by atoms with Gasteiger partial charge in [-0.3, -0.25) is 4.68 Å². The minimum absolute atomic E-state index is 0.212. The maximum absolute atomic E-state index is 13.0. The Bertz CT molecular complexity index is 948. The Morgan fingerprint density at radius 1 is 1.12 bits per heavy atom. The van der Waals surface area contributed by atoms with Gasteiger partial charge in [0.2, 0.25) is 10.0 Å². The van der Waals surface area contributed by atoms with E-state index in [4.69, 9.17) is 0 Å². The highest BCUT2D eigenvalue weighted by Crippen LogP contribution is 2.23. The average Bonchev–Trinajstić information content (AvgIpc) is 3.16. The fraction of sp³-hybridized carbons (Fsp3) is 0.312. The number of nitrogens with zero attached hydrogens (tertiary/aromatic N) is 5. The molecule has 0 bridgehead atoms. The summed E-state index contributed by atoms with van der Waals surface area (Å²) in [5.41, 5.74) is 1.90. The molecule has 0 amide bonds. The normalized spacial score (nSPS) is 13.1. The zero-order valence-electron chi connectivity index (χ0n) is 14.3. The molecule has 0 aliphatic heterocycles. The topological polar surface area (TPSA) is 94.7 Å². The molecule has 1 atom stereocenters. The largest absolute Gasteiger partial charge is 0.271 e. The molecule has 0 radical (unpaired) electrons. The van der Waals surface area contributed by atoms with E-state index in [0.29, 0.717) is 11.4 Å². The minimum Gasteiger partial charge on any atom is -0.271 e. The van der Waals surface area contributed by atoms with Crippen molar-refractivity contribution in [2.75, 3.05) is 0 Å². The van der Waals surface area contributed by atoms with Gasteiger partial charge < -0.3 is 0 Å². The molecular weight excluding hydrogens is 340 g/mol. The van der Waals surface area contributed by atoms with E-state index >= 15 is 0 Å². The number of sulfonamides is 1. The standard InChI is InChI=1S/C16H20N6O2S/c1-12-16(13(2)21(3)19-12)25(23,24)20-15(11-22-17-9-10-18-22)14-7-5-4-6-8-14/h4-10,15,20H,11H2,1-3H3. The van der Waals surface area contributed by atoms with Crippen LogP contribution in [0.2, 0.25) is 0 Å². The van der Waals surface area contributed by atoms with E-state index in [1.54, 1.807) is 38.0 Å². The molecular formula is C16H20N6O2S. The summed E-state index contributed by atoms with van der Waals surface area (Å²) in [5.74, 6) is 0. The van der Waals surface area contributed by atoms with E-state index in [2.05, 4.69) is 20.0 Å². The number of benzene rings is 1. The summed E-state index contributed by atoms with van der Waals surface area (Å²) in [4.78, 5) is 1.67. The predicted octanol–water partition coefficient (Wildman–Crippen LogP) is 1.35. The summed E-state index contributed by atoms with van der Waals surface area (Å²) in [7, 11) is -2.03. The van der Waals surface area contributed by atoms with Crippen LogP contribution >= 0.6 is 0 Å². The van der Waals surface area contributed by atoms with Crippen molar-refractivity contribution in [1.29, 1.82) is 0 Å². The van der Waals surface area contributed by atoms with E-state index in [-0.39, 0.29) is 11.4 Å². The van der Waals surface area contributed by atoms with Crippen LogP contribution in [0.1, 0.15) is 23.0 Å². The Balaban J connectivity index is 1.96. The molecule has 0 aliphatic rings. The van der Waals surface area contributed by atoms with E-state index in [1.165, 1.54) is 4.80 Å². The van der Waals surface area contributed by atoms with E-state index in [0.717, 1.165) is 5.56 Å². The summed E-state index contributed by atoms with van der Waals surface area (Å²) in [6.07, 6.45) is 3.12. The molecule has 9 heteroatoms. The Hall–Kier alpha value is -2.52. The third-order valence-electron chi connectivity index (χ3n) is 4.02. The number of aromatic nitrogens is 5. The van der Waals surface area contributed by atoms with E-state index in [9.17, 15) is 8.42 Å². The van der Waals surface area contributed by atoms with Crippen LogP contribution in [0, 0.1) is 13.8 Å². The van der Waals surface area contributed by atoms with Gasteiger partial charge in [0.05, 0.1) is 36.4 Å². The molecule has 0 saturated heterocycles. The van der Waals surface area contributed by atoms with Crippen LogP contribution in [0.15, 0.2) is 47.6 Å². The zero-order chi connectivity index (χ0) is 18.0. The van der Waals surface area contributed by atoms with Crippen molar-refractivity contribution in [3.05, 3.63) is 59.7 Å². The van der Waals surface area contributed by atoms with Gasteiger partial charge in [-0.05, 0) is 19.4 Å². The van der Waals surface area contributed by atoms with Crippen LogP contribution in [0.3, 0.4) is 0 Å². The van der Waals surface area contributed by atoms with Crippen molar-refractivity contribution in [3.8, 4) is 0 Å². The molecule has 25 heavy (non-hydrogen) atoms. The maximum Gasteiger partial charge on any atom is 0.244 e. The number of hydrogen-bond donors (Lipinski definition) is 1. The van der Waals surface area contributed by atoms with Gasteiger partial charge in [-0.15, -0.1) is 0 Å². The zero-order valence-corrected chi connectivity index (χ0v) is 15.1. The van der Waals surface area contributed by atoms with E-state index in [1.807, 2.05) is 30.3 Å². The molecule has 8 nitrogen and oxygen atoms in total. The van der Waals surface area contributed by atoms with Crippen molar-refractivity contribution in [2.45, 2.75) is 31.3 Å². The number of aryl methyl sites for hydroxylation is 2. The first-order valence-corrected chi connectivity index (χ1v) is 9.28. The van der Waals surface area contributed by atoms with Gasteiger partial charge in [0, 0.05) is 7.05 Å². The monoisotopic (exact) mass is 360 g/mol. The van der Waals surface area contributed by atoms with Crippen LogP contribution < -0.4 is 4.72 Å². The van der Waals surface area contributed by atoms with Gasteiger partial charge in [-0.25, -0.2) is 13.1 Å². The second-order valence-corrected chi connectivity index (χ2v) is 7.44. The Morgan fingerprint density at radius 2 is 1.76 bits per heavy atom.